The monoisotopic (exact) mass is 379 g/mol. The Hall–Kier alpha value is -2.38. The van der Waals surface area contributed by atoms with Gasteiger partial charge in [0.1, 0.15) is 6.61 Å². The van der Waals surface area contributed by atoms with Crippen LogP contribution in [0.4, 0.5) is 4.39 Å². The molecule has 0 radical (unpaired) electrons. The van der Waals surface area contributed by atoms with Gasteiger partial charge in [0.25, 0.3) is 0 Å². The predicted octanol–water partition coefficient (Wildman–Crippen LogP) is 3.74. The normalized spacial score (nSPS) is 11.3. The van der Waals surface area contributed by atoms with Crippen LogP contribution >= 0.6 is 22.9 Å². The number of nitrogens with zero attached hydrogens (tertiary/aromatic N) is 3. The molecule has 3 aromatic rings. The minimum absolute atomic E-state index is 0.171. The van der Waals surface area contributed by atoms with E-state index in [9.17, 15) is 9.18 Å². The van der Waals surface area contributed by atoms with Crippen LogP contribution in [0, 0.1) is 5.82 Å². The Morgan fingerprint density at radius 2 is 2.28 bits per heavy atom. The van der Waals surface area contributed by atoms with Crippen LogP contribution in [0.25, 0.3) is 11.0 Å². The highest BCUT2D eigenvalue weighted by molar-refractivity contribution is 7.15. The molecular formula is C17H15ClFN3O2S. The fraction of sp³-hybridized carbons (Fsp3) is 0.176. The fourth-order valence-corrected chi connectivity index (χ4v) is 3.17. The summed E-state index contributed by atoms with van der Waals surface area (Å²) in [5.74, 6) is -0.463. The van der Waals surface area contributed by atoms with Crippen molar-refractivity contribution >= 4 is 39.9 Å². The summed E-state index contributed by atoms with van der Waals surface area (Å²) < 4.78 is 20.6. The lowest BCUT2D eigenvalue weighted by Gasteiger charge is -2.15. The Morgan fingerprint density at radius 3 is 3.08 bits per heavy atom. The highest BCUT2D eigenvalue weighted by atomic mass is 35.5. The number of para-hydroxylation sites is 1. The van der Waals surface area contributed by atoms with Crippen molar-refractivity contribution in [1.82, 2.24) is 14.3 Å². The van der Waals surface area contributed by atoms with E-state index in [1.165, 1.54) is 28.4 Å². The Labute approximate surface area is 152 Å². The van der Waals surface area contributed by atoms with Crippen LogP contribution in [0.15, 0.2) is 41.9 Å². The number of carbonyl (C=O) groups excluding carboxylic acids is 1. The van der Waals surface area contributed by atoms with Gasteiger partial charge in [-0.25, -0.2) is 9.37 Å². The number of likely N-dealkylation sites (N-methyl/N-ethyl adjacent to an activating group) is 1. The number of benzene rings is 1. The van der Waals surface area contributed by atoms with Gasteiger partial charge in [0.05, 0.1) is 12.2 Å². The van der Waals surface area contributed by atoms with Crippen molar-refractivity contribution in [2.75, 3.05) is 20.2 Å². The minimum atomic E-state index is -0.425. The second-order valence-corrected chi connectivity index (χ2v) is 6.45. The van der Waals surface area contributed by atoms with E-state index in [4.69, 9.17) is 16.3 Å². The molecule has 0 spiro atoms. The molecule has 0 aliphatic heterocycles. The van der Waals surface area contributed by atoms with E-state index >= 15 is 0 Å². The molecule has 0 saturated heterocycles. The van der Waals surface area contributed by atoms with Gasteiger partial charge in [-0.2, -0.15) is 0 Å². The molecule has 0 fully saturated rings. The fourth-order valence-electron chi connectivity index (χ4n) is 2.17. The zero-order valence-corrected chi connectivity index (χ0v) is 14.9. The number of hydrogen-bond donors (Lipinski definition) is 0. The predicted molar refractivity (Wildman–Crippen MR) is 96.6 cm³/mol. The largest absolute Gasteiger partial charge is 0.489 e. The number of carbonyl (C=O) groups is 1. The van der Waals surface area contributed by atoms with Crippen LogP contribution in [0.5, 0.6) is 5.75 Å². The van der Waals surface area contributed by atoms with Gasteiger partial charge in [-0.05, 0) is 18.2 Å². The first kappa shape index (κ1) is 17.4. The van der Waals surface area contributed by atoms with Gasteiger partial charge in [0, 0.05) is 24.7 Å². The number of fused-ring (bicyclic) bond motifs is 1. The molecule has 3 rings (SSSR count). The van der Waals surface area contributed by atoms with Crippen LogP contribution in [0.2, 0.25) is 5.15 Å². The van der Waals surface area contributed by atoms with Gasteiger partial charge in [0.2, 0.25) is 5.91 Å². The molecule has 0 atom stereocenters. The summed E-state index contributed by atoms with van der Waals surface area (Å²) in [6.07, 6.45) is 4.90. The van der Waals surface area contributed by atoms with Crippen LogP contribution in [0.1, 0.15) is 5.69 Å². The number of ether oxygens (including phenoxy) is 1. The number of rotatable bonds is 6. The van der Waals surface area contributed by atoms with Gasteiger partial charge in [0.15, 0.2) is 21.7 Å². The molecule has 8 heteroatoms. The first-order valence-corrected chi connectivity index (χ1v) is 8.73. The molecule has 130 valence electrons. The zero-order valence-electron chi connectivity index (χ0n) is 13.4. The topological polar surface area (TPSA) is 46.8 Å². The second-order valence-electron chi connectivity index (χ2n) is 5.22. The van der Waals surface area contributed by atoms with Crippen molar-refractivity contribution < 1.29 is 13.9 Å². The summed E-state index contributed by atoms with van der Waals surface area (Å²) in [5.41, 5.74) is 0.655. The van der Waals surface area contributed by atoms with Crippen LogP contribution in [0.3, 0.4) is 0 Å². The number of imidazole rings is 1. The van der Waals surface area contributed by atoms with Gasteiger partial charge < -0.3 is 9.64 Å². The smallest absolute Gasteiger partial charge is 0.246 e. The average Bonchev–Trinajstić information content (AvgIpc) is 3.15. The summed E-state index contributed by atoms with van der Waals surface area (Å²) in [7, 11) is 1.65. The van der Waals surface area contributed by atoms with E-state index in [1.807, 2.05) is 16.0 Å². The Bertz CT molecular complexity index is 922. The van der Waals surface area contributed by atoms with Crippen LogP contribution in [-0.4, -0.2) is 40.4 Å². The van der Waals surface area contributed by atoms with Gasteiger partial charge >= 0.3 is 0 Å². The number of thiazole rings is 1. The molecule has 1 aromatic carbocycles. The van der Waals surface area contributed by atoms with Crippen molar-refractivity contribution in [3.05, 3.63) is 58.6 Å². The van der Waals surface area contributed by atoms with E-state index in [0.717, 1.165) is 4.96 Å². The lowest BCUT2D eigenvalue weighted by atomic mass is 10.3. The quantitative estimate of drug-likeness (QED) is 0.613. The molecule has 0 aliphatic carbocycles. The standard InChI is InChI=1S/C17H15ClFN3O2S/c1-21(8-10-24-14-5-3-2-4-12(14)19)15(23)7-6-13-16(18)20-17-22(13)9-11-25-17/h2-7,9,11H,8,10H2,1H3/b7-6+. The maximum absolute atomic E-state index is 13.5. The van der Waals surface area contributed by atoms with Crippen LogP contribution in [-0.2, 0) is 4.79 Å². The molecule has 0 aliphatic rings. The van der Waals surface area contributed by atoms with Gasteiger partial charge in [-0.3, -0.25) is 9.20 Å². The Kier molecular flexibility index (Phi) is 5.35. The van der Waals surface area contributed by atoms with E-state index in [1.54, 1.807) is 31.3 Å². The summed E-state index contributed by atoms with van der Waals surface area (Å²) in [6, 6.07) is 6.16. The summed E-state index contributed by atoms with van der Waals surface area (Å²) in [5, 5.41) is 2.24. The zero-order chi connectivity index (χ0) is 17.8. The first-order chi connectivity index (χ1) is 12.1. The second kappa shape index (κ2) is 7.67. The highest BCUT2D eigenvalue weighted by Crippen LogP contribution is 2.22. The van der Waals surface area contributed by atoms with E-state index in [2.05, 4.69) is 4.98 Å². The van der Waals surface area contributed by atoms with Crippen molar-refractivity contribution in [3.8, 4) is 5.75 Å². The lowest BCUT2D eigenvalue weighted by molar-refractivity contribution is -0.125. The third kappa shape index (κ3) is 4.00. The molecular weight excluding hydrogens is 365 g/mol. The molecule has 2 heterocycles. The average molecular weight is 380 g/mol. The summed E-state index contributed by atoms with van der Waals surface area (Å²) >= 11 is 7.55. The maximum atomic E-state index is 13.5. The van der Waals surface area contributed by atoms with E-state index in [0.29, 0.717) is 17.4 Å². The lowest BCUT2D eigenvalue weighted by Crippen LogP contribution is -2.29. The van der Waals surface area contributed by atoms with E-state index in [-0.39, 0.29) is 18.3 Å². The molecule has 25 heavy (non-hydrogen) atoms. The van der Waals surface area contributed by atoms with E-state index < -0.39 is 5.82 Å². The van der Waals surface area contributed by atoms with Crippen molar-refractivity contribution in [2.24, 2.45) is 0 Å². The SMILES string of the molecule is CN(CCOc1ccccc1F)C(=O)/C=C/c1c(Cl)nc2sccn12. The molecule has 5 nitrogen and oxygen atoms in total. The molecule has 0 bridgehead atoms. The summed E-state index contributed by atoms with van der Waals surface area (Å²) in [6.45, 7) is 0.519. The number of hydrogen-bond acceptors (Lipinski definition) is 4. The van der Waals surface area contributed by atoms with Crippen molar-refractivity contribution in [2.45, 2.75) is 0 Å². The van der Waals surface area contributed by atoms with Gasteiger partial charge in [-0.1, -0.05) is 23.7 Å². The number of halogens is 2. The molecule has 0 saturated carbocycles. The van der Waals surface area contributed by atoms with Crippen molar-refractivity contribution in [1.29, 1.82) is 0 Å². The van der Waals surface area contributed by atoms with Crippen molar-refractivity contribution in [3.63, 3.8) is 0 Å². The third-order valence-electron chi connectivity index (χ3n) is 3.54. The minimum Gasteiger partial charge on any atom is -0.489 e. The van der Waals surface area contributed by atoms with Crippen LogP contribution < -0.4 is 4.74 Å². The van der Waals surface area contributed by atoms with Gasteiger partial charge in [-0.15, -0.1) is 11.3 Å². The molecule has 0 N–H and O–H groups in total. The Balaban J connectivity index is 1.56. The highest BCUT2D eigenvalue weighted by Gasteiger charge is 2.10. The first-order valence-electron chi connectivity index (χ1n) is 7.48. The molecule has 1 amide bonds. The Morgan fingerprint density at radius 1 is 1.48 bits per heavy atom. The molecule has 0 unspecified atom stereocenters. The number of amides is 1. The summed E-state index contributed by atoms with van der Waals surface area (Å²) in [4.78, 5) is 18.6. The number of aromatic nitrogens is 2. The third-order valence-corrected chi connectivity index (χ3v) is 4.57. The molecule has 2 aromatic heterocycles. The maximum Gasteiger partial charge on any atom is 0.246 e.